The largest absolute Gasteiger partial charge is 0.490 e. The molecule has 4 saturated carbocycles. The lowest BCUT2D eigenvalue weighted by Crippen LogP contribution is -2.57. The first kappa shape index (κ1) is 24.6. The molecule has 4 aliphatic rings. The van der Waals surface area contributed by atoms with Gasteiger partial charge >= 0.3 is 5.69 Å². The van der Waals surface area contributed by atoms with Crippen molar-refractivity contribution in [3.8, 4) is 5.75 Å². The molecule has 1 aromatic carbocycles. The molecule has 3 N–H and O–H groups in total. The van der Waals surface area contributed by atoms with Crippen LogP contribution < -0.4 is 15.2 Å². The molecule has 4 bridgehead atoms. The van der Waals surface area contributed by atoms with Crippen LogP contribution in [-0.2, 0) is 19.6 Å². The Labute approximate surface area is 198 Å². The van der Waals surface area contributed by atoms with Gasteiger partial charge < -0.3 is 10.5 Å². The number of amides is 1. The summed E-state index contributed by atoms with van der Waals surface area (Å²) in [5.74, 6) is 0.493. The normalized spacial score (nSPS) is 30.2. The van der Waals surface area contributed by atoms with Crippen LogP contribution in [0.4, 0.5) is 5.69 Å². The first-order valence-corrected chi connectivity index (χ1v) is 13.0. The highest BCUT2D eigenvalue weighted by atomic mass is 32.2. The monoisotopic (exact) mass is 493 g/mol. The van der Waals surface area contributed by atoms with Crippen LogP contribution in [0.2, 0.25) is 0 Å². The van der Waals surface area contributed by atoms with Crippen molar-refractivity contribution in [3.63, 3.8) is 0 Å². The molecular weight excluding hydrogens is 462 g/mol. The van der Waals surface area contributed by atoms with Gasteiger partial charge in [0, 0.05) is 17.9 Å². The minimum atomic E-state index is -4.22. The number of Topliss-reactive ketones (excluding diaryl/α,β-unsaturated/α-hetero) is 1. The van der Waals surface area contributed by atoms with Crippen molar-refractivity contribution in [1.82, 2.24) is 4.72 Å². The summed E-state index contributed by atoms with van der Waals surface area (Å²) in [6, 6.07) is 3.34. The lowest BCUT2D eigenvalue weighted by molar-refractivity contribution is -0.386. The van der Waals surface area contributed by atoms with Gasteiger partial charge in [-0.2, -0.15) is 4.72 Å². The molecule has 34 heavy (non-hydrogen) atoms. The van der Waals surface area contributed by atoms with Crippen molar-refractivity contribution in [2.24, 2.45) is 34.8 Å². The van der Waals surface area contributed by atoms with Crippen LogP contribution in [0.25, 0.3) is 0 Å². The molecule has 0 aromatic heterocycles. The van der Waals surface area contributed by atoms with E-state index < -0.39 is 31.6 Å². The van der Waals surface area contributed by atoms with Crippen molar-refractivity contribution < 1.29 is 27.7 Å². The number of ketones is 1. The Hall–Kier alpha value is -2.53. The Bertz CT molecular complexity index is 1130. The number of rotatable bonds is 9. The van der Waals surface area contributed by atoms with E-state index in [-0.39, 0.29) is 46.5 Å². The maximum Gasteiger partial charge on any atom is 0.312 e. The number of nitro benzene ring substituents is 1. The molecule has 0 aliphatic heterocycles. The second-order valence-electron chi connectivity index (χ2n) is 10.7. The molecule has 4 fully saturated rings. The summed E-state index contributed by atoms with van der Waals surface area (Å²) in [5.41, 5.74) is 3.41. The Balaban J connectivity index is 1.50. The number of nitrogens with two attached hydrogens (primary N) is 1. The molecule has 4 aliphatic carbocycles. The number of carbonyl (C=O) groups excluding carboxylic acids is 2. The maximum absolute atomic E-state index is 13.3. The third-order valence-corrected chi connectivity index (χ3v) is 9.81. The van der Waals surface area contributed by atoms with Crippen molar-refractivity contribution in [2.75, 3.05) is 7.11 Å². The number of methoxy groups -OCH3 is 1. The van der Waals surface area contributed by atoms with Crippen LogP contribution in [0.15, 0.2) is 23.1 Å². The van der Waals surface area contributed by atoms with E-state index >= 15 is 0 Å². The summed E-state index contributed by atoms with van der Waals surface area (Å²) in [6.45, 7) is 3.01. The minimum Gasteiger partial charge on any atom is -0.490 e. The number of ether oxygens (including phenoxy) is 1. The number of primary amides is 1. The average molecular weight is 494 g/mol. The average Bonchev–Trinajstić information content (AvgIpc) is 2.74. The van der Waals surface area contributed by atoms with Gasteiger partial charge in [-0.1, -0.05) is 0 Å². The molecule has 0 saturated heterocycles. The Morgan fingerprint density at radius 3 is 2.38 bits per heavy atom. The van der Waals surface area contributed by atoms with Gasteiger partial charge in [0.1, 0.15) is 0 Å². The first-order chi connectivity index (χ1) is 15.8. The second-order valence-corrected chi connectivity index (χ2v) is 12.4. The Morgan fingerprint density at radius 1 is 1.24 bits per heavy atom. The van der Waals surface area contributed by atoms with Gasteiger partial charge in [0.2, 0.25) is 15.9 Å². The number of carbonyl (C=O) groups is 2. The molecule has 2 unspecified atom stereocenters. The summed E-state index contributed by atoms with van der Waals surface area (Å²) in [7, 11) is -2.96. The molecular formula is C23H31N3O7S. The van der Waals surface area contributed by atoms with Crippen molar-refractivity contribution in [2.45, 2.75) is 62.8 Å². The number of nitrogens with one attached hydrogen (secondary N) is 1. The SMILES string of the molecule is COc1ccc(S(=O)(=O)NC(C)(C)C(=O)CC2C3CC4CC2CC(C(N)=O)(C4)C3)cc1[N+](=O)[O-]. The second kappa shape index (κ2) is 8.30. The summed E-state index contributed by atoms with van der Waals surface area (Å²) in [5, 5.41) is 11.3. The molecule has 0 heterocycles. The van der Waals surface area contributed by atoms with Gasteiger partial charge in [0.25, 0.3) is 0 Å². The fourth-order valence-electron chi connectivity index (χ4n) is 6.67. The lowest BCUT2D eigenvalue weighted by atomic mass is 9.45. The van der Waals surface area contributed by atoms with Crippen LogP contribution in [0.3, 0.4) is 0 Å². The van der Waals surface area contributed by atoms with E-state index in [2.05, 4.69) is 4.72 Å². The standard InChI is InChI=1S/C23H31N3O7S/c1-22(2,25-34(31,32)16-4-5-19(33-3)18(8-16)26(29)30)20(27)9-17-14-6-13-7-15(17)12-23(10-13,11-14)21(24)28/h4-5,8,13-15,17,25H,6-7,9-12H2,1-3H3,(H2,24,28). The van der Waals surface area contributed by atoms with Crippen LogP contribution in [0.1, 0.15) is 52.4 Å². The lowest BCUT2D eigenvalue weighted by Gasteiger charge is -2.59. The van der Waals surface area contributed by atoms with Crippen LogP contribution in [0, 0.1) is 39.2 Å². The zero-order chi connectivity index (χ0) is 25.1. The first-order valence-electron chi connectivity index (χ1n) is 11.5. The zero-order valence-electron chi connectivity index (χ0n) is 19.6. The summed E-state index contributed by atoms with van der Waals surface area (Å²) in [6.07, 6.45) is 4.42. The summed E-state index contributed by atoms with van der Waals surface area (Å²) < 4.78 is 33.4. The predicted octanol–water partition coefficient (Wildman–Crippen LogP) is 2.55. The highest BCUT2D eigenvalue weighted by Gasteiger charge is 2.58. The smallest absolute Gasteiger partial charge is 0.312 e. The van der Waals surface area contributed by atoms with E-state index in [1.54, 1.807) is 0 Å². The van der Waals surface area contributed by atoms with Gasteiger partial charge in [-0.3, -0.25) is 19.7 Å². The quantitative estimate of drug-likeness (QED) is 0.395. The number of nitro groups is 1. The topological polar surface area (TPSA) is 159 Å². The Morgan fingerprint density at radius 2 is 1.85 bits per heavy atom. The van der Waals surface area contributed by atoms with E-state index in [0.717, 1.165) is 25.3 Å². The third kappa shape index (κ3) is 4.19. The van der Waals surface area contributed by atoms with Crippen molar-refractivity contribution >= 4 is 27.4 Å². The van der Waals surface area contributed by atoms with Crippen LogP contribution in [-0.4, -0.2) is 37.7 Å². The third-order valence-electron chi connectivity index (χ3n) is 8.16. The van der Waals surface area contributed by atoms with Gasteiger partial charge in [-0.25, -0.2) is 8.42 Å². The number of hydrogen-bond acceptors (Lipinski definition) is 7. The minimum absolute atomic E-state index is 0.0603. The molecule has 2 atom stereocenters. The van der Waals surface area contributed by atoms with E-state index in [4.69, 9.17) is 10.5 Å². The molecule has 11 heteroatoms. The van der Waals surface area contributed by atoms with E-state index in [9.17, 15) is 28.1 Å². The van der Waals surface area contributed by atoms with Crippen LogP contribution in [0.5, 0.6) is 5.75 Å². The predicted molar refractivity (Wildman–Crippen MR) is 122 cm³/mol. The maximum atomic E-state index is 13.3. The summed E-state index contributed by atoms with van der Waals surface area (Å²) in [4.78, 5) is 35.7. The van der Waals surface area contributed by atoms with E-state index in [0.29, 0.717) is 18.8 Å². The van der Waals surface area contributed by atoms with Crippen molar-refractivity contribution in [3.05, 3.63) is 28.3 Å². The molecule has 186 valence electrons. The number of hydrogen-bond donors (Lipinski definition) is 2. The number of sulfonamides is 1. The fraction of sp³-hybridized carbons (Fsp3) is 0.652. The fourth-order valence-corrected chi connectivity index (χ4v) is 8.08. The summed E-state index contributed by atoms with van der Waals surface area (Å²) >= 11 is 0. The number of nitrogens with zero attached hydrogens (tertiary/aromatic N) is 1. The highest BCUT2D eigenvalue weighted by molar-refractivity contribution is 7.89. The molecule has 0 spiro atoms. The zero-order valence-corrected chi connectivity index (χ0v) is 20.4. The Kier molecular flexibility index (Phi) is 6.00. The molecule has 1 amide bonds. The van der Waals surface area contributed by atoms with Gasteiger partial charge in [0.15, 0.2) is 11.5 Å². The molecule has 5 rings (SSSR count). The van der Waals surface area contributed by atoms with E-state index in [1.165, 1.54) is 33.1 Å². The van der Waals surface area contributed by atoms with Crippen molar-refractivity contribution in [1.29, 1.82) is 0 Å². The molecule has 0 radical (unpaired) electrons. The molecule has 1 aromatic rings. The molecule has 10 nitrogen and oxygen atoms in total. The highest BCUT2D eigenvalue weighted by Crippen LogP contribution is 2.62. The van der Waals surface area contributed by atoms with Gasteiger partial charge in [0.05, 0.1) is 22.5 Å². The van der Waals surface area contributed by atoms with Gasteiger partial charge in [-0.15, -0.1) is 0 Å². The van der Waals surface area contributed by atoms with Gasteiger partial charge in [-0.05, 0) is 81.8 Å². The number of benzene rings is 1. The van der Waals surface area contributed by atoms with E-state index in [1.807, 2.05) is 0 Å². The van der Waals surface area contributed by atoms with Crippen LogP contribution >= 0.6 is 0 Å².